The van der Waals surface area contributed by atoms with E-state index in [4.69, 9.17) is 4.74 Å². The highest BCUT2D eigenvalue weighted by Gasteiger charge is 2.12. The van der Waals surface area contributed by atoms with Crippen LogP contribution >= 0.6 is 0 Å². The SMILES string of the molecule is CCOc1ccc(CNC(=O)C(=O)NCc2ccccc2C)cc1. The first-order chi connectivity index (χ1) is 11.6. The van der Waals surface area contributed by atoms with Gasteiger partial charge in [-0.15, -0.1) is 0 Å². The third-order valence-electron chi connectivity index (χ3n) is 3.59. The number of benzene rings is 2. The lowest BCUT2D eigenvalue weighted by Gasteiger charge is -2.09. The Morgan fingerprint density at radius 2 is 1.54 bits per heavy atom. The van der Waals surface area contributed by atoms with Crippen molar-refractivity contribution >= 4 is 11.8 Å². The highest BCUT2D eigenvalue weighted by Crippen LogP contribution is 2.11. The second-order valence-corrected chi connectivity index (χ2v) is 5.37. The van der Waals surface area contributed by atoms with E-state index in [0.29, 0.717) is 19.7 Å². The molecule has 0 fully saturated rings. The van der Waals surface area contributed by atoms with Gasteiger partial charge in [-0.1, -0.05) is 36.4 Å². The Labute approximate surface area is 142 Å². The minimum atomic E-state index is -0.641. The number of amides is 2. The molecule has 24 heavy (non-hydrogen) atoms. The molecule has 0 aliphatic rings. The maximum absolute atomic E-state index is 11.8. The van der Waals surface area contributed by atoms with Crippen LogP contribution in [-0.2, 0) is 22.7 Å². The molecule has 2 aromatic rings. The van der Waals surface area contributed by atoms with Crippen LogP contribution in [0.5, 0.6) is 5.75 Å². The average Bonchev–Trinajstić information content (AvgIpc) is 2.60. The van der Waals surface area contributed by atoms with E-state index >= 15 is 0 Å². The van der Waals surface area contributed by atoms with E-state index in [1.165, 1.54) is 0 Å². The van der Waals surface area contributed by atoms with Gasteiger partial charge < -0.3 is 15.4 Å². The lowest BCUT2D eigenvalue weighted by Crippen LogP contribution is -2.39. The van der Waals surface area contributed by atoms with Crippen molar-refractivity contribution in [3.8, 4) is 5.75 Å². The van der Waals surface area contributed by atoms with Crippen LogP contribution < -0.4 is 15.4 Å². The van der Waals surface area contributed by atoms with E-state index in [0.717, 1.165) is 22.4 Å². The molecule has 0 saturated heterocycles. The fourth-order valence-electron chi connectivity index (χ4n) is 2.20. The van der Waals surface area contributed by atoms with E-state index in [1.807, 2.05) is 62.4 Å². The second-order valence-electron chi connectivity index (χ2n) is 5.37. The monoisotopic (exact) mass is 326 g/mol. The van der Waals surface area contributed by atoms with Gasteiger partial charge in [-0.3, -0.25) is 9.59 Å². The maximum Gasteiger partial charge on any atom is 0.309 e. The van der Waals surface area contributed by atoms with Gasteiger partial charge in [-0.25, -0.2) is 0 Å². The van der Waals surface area contributed by atoms with Crippen molar-refractivity contribution in [2.45, 2.75) is 26.9 Å². The second kappa shape index (κ2) is 8.72. The summed E-state index contributed by atoms with van der Waals surface area (Å²) in [5.74, 6) is -0.495. The average molecular weight is 326 g/mol. The zero-order valence-electron chi connectivity index (χ0n) is 14.0. The summed E-state index contributed by atoms with van der Waals surface area (Å²) in [6.45, 7) is 5.12. The van der Waals surface area contributed by atoms with Gasteiger partial charge in [0.2, 0.25) is 0 Å². The first kappa shape index (κ1) is 17.5. The molecule has 0 spiro atoms. The molecule has 2 amide bonds. The van der Waals surface area contributed by atoms with Crippen molar-refractivity contribution in [3.63, 3.8) is 0 Å². The number of nitrogens with one attached hydrogen (secondary N) is 2. The third kappa shape index (κ3) is 5.12. The molecule has 0 unspecified atom stereocenters. The van der Waals surface area contributed by atoms with Crippen molar-refractivity contribution in [2.75, 3.05) is 6.61 Å². The van der Waals surface area contributed by atoms with E-state index in [2.05, 4.69) is 10.6 Å². The number of ether oxygens (including phenoxy) is 1. The molecule has 0 aromatic heterocycles. The topological polar surface area (TPSA) is 67.4 Å². The molecule has 2 aromatic carbocycles. The smallest absolute Gasteiger partial charge is 0.309 e. The fourth-order valence-corrected chi connectivity index (χ4v) is 2.20. The lowest BCUT2D eigenvalue weighted by atomic mass is 10.1. The minimum Gasteiger partial charge on any atom is -0.494 e. The van der Waals surface area contributed by atoms with Crippen LogP contribution in [0.25, 0.3) is 0 Å². The Hall–Kier alpha value is -2.82. The fraction of sp³-hybridized carbons (Fsp3) is 0.263. The summed E-state index contributed by atoms with van der Waals surface area (Å²) in [4.78, 5) is 23.7. The minimum absolute atomic E-state index is 0.295. The highest BCUT2D eigenvalue weighted by atomic mass is 16.5. The summed E-state index contributed by atoms with van der Waals surface area (Å²) in [5, 5.41) is 5.24. The predicted molar refractivity (Wildman–Crippen MR) is 92.5 cm³/mol. The van der Waals surface area contributed by atoms with Crippen LogP contribution in [0.15, 0.2) is 48.5 Å². The van der Waals surface area contributed by atoms with Crippen molar-refractivity contribution in [1.29, 1.82) is 0 Å². The van der Waals surface area contributed by atoms with Gasteiger partial charge in [0.05, 0.1) is 6.61 Å². The normalized spacial score (nSPS) is 10.1. The van der Waals surface area contributed by atoms with Gasteiger partial charge in [-0.05, 0) is 42.7 Å². The molecule has 0 radical (unpaired) electrons. The molecule has 2 N–H and O–H groups in total. The van der Waals surface area contributed by atoms with Crippen molar-refractivity contribution in [3.05, 3.63) is 65.2 Å². The van der Waals surface area contributed by atoms with E-state index in [1.54, 1.807) is 0 Å². The summed E-state index contributed by atoms with van der Waals surface area (Å²) in [6.07, 6.45) is 0. The first-order valence-electron chi connectivity index (χ1n) is 7.92. The molecular formula is C19H22N2O3. The number of hydrogen-bond donors (Lipinski definition) is 2. The lowest BCUT2D eigenvalue weighted by molar-refractivity contribution is -0.139. The Kier molecular flexibility index (Phi) is 6.37. The summed E-state index contributed by atoms with van der Waals surface area (Å²) >= 11 is 0. The zero-order chi connectivity index (χ0) is 17.4. The Bertz CT molecular complexity index is 696. The molecule has 0 heterocycles. The first-order valence-corrected chi connectivity index (χ1v) is 7.92. The van der Waals surface area contributed by atoms with Crippen LogP contribution in [-0.4, -0.2) is 18.4 Å². The molecule has 5 heteroatoms. The summed E-state index contributed by atoms with van der Waals surface area (Å²) in [5.41, 5.74) is 2.97. The molecule has 0 aliphatic carbocycles. The number of carbonyl (C=O) groups is 2. The molecule has 0 aliphatic heterocycles. The molecule has 0 bridgehead atoms. The standard InChI is InChI=1S/C19H22N2O3/c1-3-24-17-10-8-15(9-11-17)12-20-18(22)19(23)21-13-16-7-5-4-6-14(16)2/h4-11H,3,12-13H2,1-2H3,(H,20,22)(H,21,23). The summed E-state index contributed by atoms with van der Waals surface area (Å²) in [7, 11) is 0. The van der Waals surface area contributed by atoms with Crippen molar-refractivity contribution in [2.24, 2.45) is 0 Å². The molecule has 0 saturated carbocycles. The van der Waals surface area contributed by atoms with Crippen molar-refractivity contribution in [1.82, 2.24) is 10.6 Å². The molecule has 2 rings (SSSR count). The summed E-state index contributed by atoms with van der Waals surface area (Å²) in [6, 6.07) is 15.1. The van der Waals surface area contributed by atoms with Crippen LogP contribution in [0.4, 0.5) is 0 Å². The van der Waals surface area contributed by atoms with Gasteiger partial charge in [-0.2, -0.15) is 0 Å². The van der Waals surface area contributed by atoms with Gasteiger partial charge in [0.15, 0.2) is 0 Å². The number of aryl methyl sites for hydroxylation is 1. The van der Waals surface area contributed by atoms with Crippen LogP contribution in [0, 0.1) is 6.92 Å². The Morgan fingerprint density at radius 3 is 2.17 bits per heavy atom. The Morgan fingerprint density at radius 1 is 0.917 bits per heavy atom. The van der Waals surface area contributed by atoms with E-state index in [9.17, 15) is 9.59 Å². The van der Waals surface area contributed by atoms with Crippen molar-refractivity contribution < 1.29 is 14.3 Å². The number of rotatable bonds is 6. The predicted octanol–water partition coefficient (Wildman–Crippen LogP) is 2.33. The highest BCUT2D eigenvalue weighted by molar-refractivity contribution is 6.35. The maximum atomic E-state index is 11.8. The van der Waals surface area contributed by atoms with E-state index in [-0.39, 0.29) is 0 Å². The van der Waals surface area contributed by atoms with Gasteiger partial charge in [0.25, 0.3) is 0 Å². The van der Waals surface area contributed by atoms with E-state index < -0.39 is 11.8 Å². The molecule has 126 valence electrons. The van der Waals surface area contributed by atoms with Crippen LogP contribution in [0.3, 0.4) is 0 Å². The molecule has 5 nitrogen and oxygen atoms in total. The summed E-state index contributed by atoms with van der Waals surface area (Å²) < 4.78 is 5.36. The molecular weight excluding hydrogens is 304 g/mol. The van der Waals surface area contributed by atoms with Gasteiger partial charge in [0.1, 0.15) is 5.75 Å². The molecule has 0 atom stereocenters. The third-order valence-corrected chi connectivity index (χ3v) is 3.59. The number of carbonyl (C=O) groups excluding carboxylic acids is 2. The Balaban J connectivity index is 1.79. The van der Waals surface area contributed by atoms with Crippen LogP contribution in [0.2, 0.25) is 0 Å². The zero-order valence-corrected chi connectivity index (χ0v) is 14.0. The quantitative estimate of drug-likeness (QED) is 0.801. The largest absolute Gasteiger partial charge is 0.494 e. The van der Waals surface area contributed by atoms with Crippen LogP contribution in [0.1, 0.15) is 23.6 Å². The van der Waals surface area contributed by atoms with Gasteiger partial charge in [0, 0.05) is 13.1 Å². The number of hydrogen-bond acceptors (Lipinski definition) is 3. The van der Waals surface area contributed by atoms with Gasteiger partial charge >= 0.3 is 11.8 Å².